The van der Waals surface area contributed by atoms with Crippen molar-refractivity contribution in [1.29, 1.82) is 0 Å². The molecule has 6 nitrogen and oxygen atoms in total. The summed E-state index contributed by atoms with van der Waals surface area (Å²) in [6, 6.07) is 15.0. The Balaban J connectivity index is 1.64. The number of halogens is 1. The van der Waals surface area contributed by atoms with Gasteiger partial charge in [0.15, 0.2) is 5.82 Å². The van der Waals surface area contributed by atoms with E-state index in [0.29, 0.717) is 22.5 Å². The molecule has 0 saturated carbocycles. The van der Waals surface area contributed by atoms with Crippen molar-refractivity contribution in [3.05, 3.63) is 59.1 Å². The number of anilines is 1. The molecule has 1 aliphatic rings. The molecule has 1 aliphatic heterocycles. The van der Waals surface area contributed by atoms with Gasteiger partial charge in [-0.05, 0) is 42.0 Å². The number of benzene rings is 2. The average Bonchev–Trinajstić information content (AvgIpc) is 3.29. The van der Waals surface area contributed by atoms with Crippen molar-refractivity contribution in [2.24, 2.45) is 0 Å². The highest BCUT2D eigenvalue weighted by Crippen LogP contribution is 2.41. The molecule has 4 rings (SSSR count). The molecule has 0 radical (unpaired) electrons. The minimum Gasteiger partial charge on any atom is -0.497 e. The van der Waals surface area contributed by atoms with Gasteiger partial charge in [-0.2, -0.15) is 4.98 Å². The fourth-order valence-electron chi connectivity index (χ4n) is 2.75. The van der Waals surface area contributed by atoms with Gasteiger partial charge in [-0.3, -0.25) is 14.8 Å². The molecule has 1 N–H and O–H groups in total. The molecule has 0 unspecified atom stereocenters. The second kappa shape index (κ2) is 7.01. The number of carbonyl (C=O) groups is 1. The zero-order valence-electron chi connectivity index (χ0n) is 13.8. The highest BCUT2D eigenvalue weighted by atomic mass is 35.5. The molecule has 0 aliphatic carbocycles. The first-order valence-electron chi connectivity index (χ1n) is 7.91. The molecule has 2 aromatic carbocycles. The number of rotatable bonds is 4. The average molecular weight is 387 g/mol. The van der Waals surface area contributed by atoms with E-state index in [-0.39, 0.29) is 11.3 Å². The molecule has 2 heterocycles. The summed E-state index contributed by atoms with van der Waals surface area (Å²) in [7, 11) is 1.62. The molecule has 0 spiro atoms. The Bertz CT molecular complexity index is 927. The van der Waals surface area contributed by atoms with Crippen molar-refractivity contribution in [3.63, 3.8) is 0 Å². The van der Waals surface area contributed by atoms with E-state index in [9.17, 15) is 4.79 Å². The lowest BCUT2D eigenvalue weighted by atomic mass is 10.2. The van der Waals surface area contributed by atoms with Crippen LogP contribution in [0.15, 0.2) is 48.5 Å². The predicted molar refractivity (Wildman–Crippen MR) is 103 cm³/mol. The second-order valence-corrected chi connectivity index (χ2v) is 7.20. The second-order valence-electron chi connectivity index (χ2n) is 5.69. The van der Waals surface area contributed by atoms with Gasteiger partial charge in [0.2, 0.25) is 5.91 Å². The quantitative estimate of drug-likeness (QED) is 0.736. The highest BCUT2D eigenvalue weighted by molar-refractivity contribution is 8.00. The Morgan fingerprint density at radius 2 is 1.92 bits per heavy atom. The van der Waals surface area contributed by atoms with Gasteiger partial charge in [-0.1, -0.05) is 23.7 Å². The van der Waals surface area contributed by atoms with Crippen molar-refractivity contribution in [1.82, 2.24) is 15.2 Å². The lowest BCUT2D eigenvalue weighted by Crippen LogP contribution is -2.28. The summed E-state index contributed by atoms with van der Waals surface area (Å²) in [5.41, 5.74) is 1.85. The number of hydrogen-bond donors (Lipinski definition) is 1. The summed E-state index contributed by atoms with van der Waals surface area (Å²) in [5, 5.41) is 7.67. The predicted octanol–water partition coefficient (Wildman–Crippen LogP) is 3.91. The summed E-state index contributed by atoms with van der Waals surface area (Å²) < 4.78 is 5.17. The first-order chi connectivity index (χ1) is 12.7. The van der Waals surface area contributed by atoms with Crippen molar-refractivity contribution < 1.29 is 9.53 Å². The van der Waals surface area contributed by atoms with Gasteiger partial charge in [0, 0.05) is 10.6 Å². The lowest BCUT2D eigenvalue weighted by molar-refractivity contribution is -0.115. The van der Waals surface area contributed by atoms with E-state index in [0.717, 1.165) is 16.9 Å². The summed E-state index contributed by atoms with van der Waals surface area (Å²) in [6.45, 7) is 0. The standard InChI is InChI=1S/C18H15ClN4O2S/c1-25-14-8-4-11(5-9-14)16-20-18(22-21-16)23-15(24)10-26-17(23)12-2-6-13(19)7-3-12/h2-9,17H,10H2,1H3,(H,20,21,22)/t17-/m0/s1. The number of methoxy groups -OCH3 is 1. The number of aromatic nitrogens is 3. The summed E-state index contributed by atoms with van der Waals surface area (Å²) >= 11 is 7.51. The van der Waals surface area contributed by atoms with E-state index in [1.807, 2.05) is 48.5 Å². The number of aromatic amines is 1. The van der Waals surface area contributed by atoms with E-state index in [1.54, 1.807) is 23.8 Å². The monoisotopic (exact) mass is 386 g/mol. The SMILES string of the molecule is COc1ccc(-c2nc(N3C(=O)CS[C@H]3c3ccc(Cl)cc3)n[nH]2)cc1. The van der Waals surface area contributed by atoms with Crippen LogP contribution in [-0.2, 0) is 4.79 Å². The molecule has 3 aromatic rings. The Morgan fingerprint density at radius 1 is 1.19 bits per heavy atom. The Morgan fingerprint density at radius 3 is 2.62 bits per heavy atom. The third-order valence-electron chi connectivity index (χ3n) is 4.08. The van der Waals surface area contributed by atoms with Crippen molar-refractivity contribution in [2.45, 2.75) is 5.37 Å². The largest absolute Gasteiger partial charge is 0.497 e. The van der Waals surface area contributed by atoms with Crippen molar-refractivity contribution in [2.75, 3.05) is 17.8 Å². The van der Waals surface area contributed by atoms with Crippen LogP contribution in [0, 0.1) is 0 Å². The van der Waals surface area contributed by atoms with E-state index < -0.39 is 0 Å². The van der Waals surface area contributed by atoms with Crippen LogP contribution >= 0.6 is 23.4 Å². The summed E-state index contributed by atoms with van der Waals surface area (Å²) in [5.74, 6) is 2.10. The van der Waals surface area contributed by atoms with E-state index >= 15 is 0 Å². The molecular weight excluding hydrogens is 372 g/mol. The van der Waals surface area contributed by atoms with E-state index in [2.05, 4.69) is 15.2 Å². The first kappa shape index (κ1) is 16.9. The molecule has 0 bridgehead atoms. The normalized spacial score (nSPS) is 16.9. The van der Waals surface area contributed by atoms with Gasteiger partial charge >= 0.3 is 0 Å². The first-order valence-corrected chi connectivity index (χ1v) is 9.34. The van der Waals surface area contributed by atoms with Gasteiger partial charge in [-0.15, -0.1) is 16.9 Å². The molecule has 1 atom stereocenters. The van der Waals surface area contributed by atoms with Crippen LogP contribution in [0.4, 0.5) is 5.95 Å². The third kappa shape index (κ3) is 3.15. The molecular formula is C18H15ClN4O2S. The fourth-order valence-corrected chi connectivity index (χ4v) is 4.03. The summed E-state index contributed by atoms with van der Waals surface area (Å²) in [6.07, 6.45) is 0. The van der Waals surface area contributed by atoms with Crippen LogP contribution in [-0.4, -0.2) is 34.0 Å². The Kier molecular flexibility index (Phi) is 4.57. The number of nitrogens with zero attached hydrogens (tertiary/aromatic N) is 3. The topological polar surface area (TPSA) is 71.1 Å². The maximum atomic E-state index is 12.4. The van der Waals surface area contributed by atoms with Crippen LogP contribution in [0.1, 0.15) is 10.9 Å². The van der Waals surface area contributed by atoms with Gasteiger partial charge in [-0.25, -0.2) is 0 Å². The minimum absolute atomic E-state index is 0.0183. The van der Waals surface area contributed by atoms with E-state index in [4.69, 9.17) is 16.3 Å². The highest BCUT2D eigenvalue weighted by Gasteiger charge is 2.36. The number of carbonyl (C=O) groups excluding carboxylic acids is 1. The molecule has 1 aromatic heterocycles. The molecule has 26 heavy (non-hydrogen) atoms. The van der Waals surface area contributed by atoms with Crippen LogP contribution in [0.3, 0.4) is 0 Å². The number of thioether (sulfide) groups is 1. The molecule has 1 amide bonds. The fraction of sp³-hybridized carbons (Fsp3) is 0.167. The van der Waals surface area contributed by atoms with Crippen LogP contribution in [0.25, 0.3) is 11.4 Å². The zero-order valence-corrected chi connectivity index (χ0v) is 15.4. The number of H-pyrrole nitrogens is 1. The number of ether oxygens (including phenoxy) is 1. The van der Waals surface area contributed by atoms with Crippen LogP contribution < -0.4 is 9.64 Å². The van der Waals surface area contributed by atoms with E-state index in [1.165, 1.54) is 0 Å². The number of hydrogen-bond acceptors (Lipinski definition) is 5. The Labute approximate surface area is 159 Å². The molecule has 8 heteroatoms. The maximum Gasteiger partial charge on any atom is 0.252 e. The molecule has 1 saturated heterocycles. The number of amides is 1. The van der Waals surface area contributed by atoms with Crippen LogP contribution in [0.5, 0.6) is 5.75 Å². The molecule has 132 valence electrons. The summed E-state index contributed by atoms with van der Waals surface area (Å²) in [4.78, 5) is 18.6. The minimum atomic E-state index is -0.167. The molecule has 1 fully saturated rings. The van der Waals surface area contributed by atoms with Crippen molar-refractivity contribution >= 4 is 35.2 Å². The third-order valence-corrected chi connectivity index (χ3v) is 5.54. The van der Waals surface area contributed by atoms with Crippen LogP contribution in [0.2, 0.25) is 5.02 Å². The van der Waals surface area contributed by atoms with Gasteiger partial charge in [0.25, 0.3) is 5.95 Å². The smallest absolute Gasteiger partial charge is 0.252 e. The van der Waals surface area contributed by atoms with Gasteiger partial charge in [0.05, 0.1) is 12.9 Å². The zero-order chi connectivity index (χ0) is 18.1. The Hall–Kier alpha value is -2.51. The van der Waals surface area contributed by atoms with Crippen molar-refractivity contribution in [3.8, 4) is 17.1 Å². The van der Waals surface area contributed by atoms with Gasteiger partial charge < -0.3 is 4.74 Å². The maximum absolute atomic E-state index is 12.4. The lowest BCUT2D eigenvalue weighted by Gasteiger charge is -2.20. The van der Waals surface area contributed by atoms with Gasteiger partial charge in [0.1, 0.15) is 11.1 Å². The number of nitrogens with one attached hydrogen (secondary N) is 1.